The van der Waals surface area contributed by atoms with Crippen molar-refractivity contribution < 1.29 is 38.5 Å². The molecule has 9 heteroatoms. The maximum Gasteiger partial charge on any atom is 0.306 e. The molecule has 0 amide bonds. The number of carboxylic acid groups (broad SMARTS) is 1. The first-order chi connectivity index (χ1) is 20.3. The average molecular weight is 635 g/mol. The van der Waals surface area contributed by atoms with E-state index in [1.807, 2.05) is 0 Å². The third-order valence-electron chi connectivity index (χ3n) is 7.57. The van der Waals surface area contributed by atoms with Crippen LogP contribution in [0.3, 0.4) is 0 Å². The summed E-state index contributed by atoms with van der Waals surface area (Å²) in [6.07, 6.45) is 21.3. The zero-order chi connectivity index (χ0) is 31.3. The van der Waals surface area contributed by atoms with Gasteiger partial charge in [0.05, 0.1) is 5.92 Å². The van der Waals surface area contributed by atoms with Gasteiger partial charge in [-0.1, -0.05) is 117 Å². The number of carbonyl (C=O) groups is 4. The summed E-state index contributed by atoms with van der Waals surface area (Å²) < 4.78 is 16.1. The van der Waals surface area contributed by atoms with Crippen molar-refractivity contribution in [3.63, 3.8) is 0 Å². The van der Waals surface area contributed by atoms with Crippen LogP contribution in [0.2, 0.25) is 0 Å². The minimum atomic E-state index is -0.749. The summed E-state index contributed by atoms with van der Waals surface area (Å²) >= 11 is 0. The lowest BCUT2D eigenvalue weighted by atomic mass is 9.90. The molecular formula is C34H63ClO8. The highest BCUT2D eigenvalue weighted by molar-refractivity contribution is 5.85. The van der Waals surface area contributed by atoms with Gasteiger partial charge in [0.1, 0.15) is 13.2 Å². The van der Waals surface area contributed by atoms with Crippen molar-refractivity contribution in [3.8, 4) is 0 Å². The number of unbranched alkanes of at least 4 members (excludes halogenated alkanes) is 12. The summed E-state index contributed by atoms with van der Waals surface area (Å²) in [5.41, 5.74) is 0. The van der Waals surface area contributed by atoms with Gasteiger partial charge in [-0.05, 0) is 32.1 Å². The molecule has 0 saturated heterocycles. The van der Waals surface area contributed by atoms with Gasteiger partial charge in [-0.2, -0.15) is 0 Å². The number of hydrogen-bond acceptors (Lipinski definition) is 7. The molecule has 1 aliphatic rings. The van der Waals surface area contributed by atoms with Crippen LogP contribution in [0.1, 0.15) is 168 Å². The standard InChI is InChI=1S/C27H50O6.C7H12O2.ClH/c1-4-7-10-13-16-19-25(28)31-22-24(33-27(30)21-18-15-12-9-6-3)23-32-26(29)20-17-14-11-8-5-2;8-7(9)6-4-2-1-3-5-6;/h24H,4-23H2,1-3H3;6H,1-5H2,(H,8,9);1H. The predicted molar refractivity (Wildman–Crippen MR) is 173 cm³/mol. The van der Waals surface area contributed by atoms with Gasteiger partial charge in [0.15, 0.2) is 6.10 Å². The van der Waals surface area contributed by atoms with E-state index in [4.69, 9.17) is 19.3 Å². The molecule has 0 aromatic rings. The SMILES string of the molecule is CCCCCCCC(=O)OCC(COC(=O)CCCCCCC)OC(=O)CCCCCCC.Cl.O=C(O)C1CCCCC1. The number of carboxylic acids is 1. The Balaban J connectivity index is 0. The molecule has 0 atom stereocenters. The lowest BCUT2D eigenvalue weighted by molar-refractivity contribution is -0.167. The van der Waals surface area contributed by atoms with Crippen LogP contribution in [-0.4, -0.2) is 48.3 Å². The Bertz CT molecular complexity index is 664. The van der Waals surface area contributed by atoms with Gasteiger partial charge in [0.2, 0.25) is 0 Å². The van der Waals surface area contributed by atoms with Crippen LogP contribution in [0.25, 0.3) is 0 Å². The zero-order valence-corrected chi connectivity index (χ0v) is 28.4. The molecule has 0 aliphatic heterocycles. The van der Waals surface area contributed by atoms with E-state index in [1.54, 1.807) is 0 Å². The highest BCUT2D eigenvalue weighted by atomic mass is 35.5. The first-order valence-corrected chi connectivity index (χ1v) is 17.1. The summed E-state index contributed by atoms with van der Waals surface area (Å²) in [5.74, 6) is -1.56. The molecule has 0 unspecified atom stereocenters. The van der Waals surface area contributed by atoms with Crippen LogP contribution in [0, 0.1) is 5.92 Å². The molecule has 0 aromatic carbocycles. The second-order valence-corrected chi connectivity index (χ2v) is 11.6. The van der Waals surface area contributed by atoms with Crippen LogP contribution in [0.15, 0.2) is 0 Å². The van der Waals surface area contributed by atoms with Crippen LogP contribution in [-0.2, 0) is 33.4 Å². The van der Waals surface area contributed by atoms with Gasteiger partial charge < -0.3 is 19.3 Å². The lowest BCUT2D eigenvalue weighted by Crippen LogP contribution is -2.30. The normalized spacial score (nSPS) is 12.9. The molecule has 1 rings (SSSR count). The smallest absolute Gasteiger partial charge is 0.306 e. The van der Waals surface area contributed by atoms with Gasteiger partial charge in [-0.15, -0.1) is 12.4 Å². The van der Waals surface area contributed by atoms with E-state index >= 15 is 0 Å². The van der Waals surface area contributed by atoms with Crippen molar-refractivity contribution in [2.75, 3.05) is 13.2 Å². The summed E-state index contributed by atoms with van der Waals surface area (Å²) in [7, 11) is 0. The Hall–Kier alpha value is -1.83. The molecule has 254 valence electrons. The molecule has 0 radical (unpaired) electrons. The van der Waals surface area contributed by atoms with Crippen LogP contribution < -0.4 is 0 Å². The average Bonchev–Trinajstić information content (AvgIpc) is 2.99. The molecule has 1 aliphatic carbocycles. The Morgan fingerprint density at radius 2 is 0.953 bits per heavy atom. The Morgan fingerprint density at radius 3 is 1.30 bits per heavy atom. The first kappa shape index (κ1) is 43.3. The molecule has 1 fully saturated rings. The van der Waals surface area contributed by atoms with Crippen LogP contribution >= 0.6 is 12.4 Å². The van der Waals surface area contributed by atoms with Gasteiger partial charge in [0.25, 0.3) is 0 Å². The highest BCUT2D eigenvalue weighted by Gasteiger charge is 2.20. The largest absolute Gasteiger partial charge is 0.481 e. The monoisotopic (exact) mass is 634 g/mol. The molecule has 1 saturated carbocycles. The Kier molecular flexibility index (Phi) is 31.8. The molecule has 8 nitrogen and oxygen atoms in total. The van der Waals surface area contributed by atoms with E-state index in [9.17, 15) is 19.2 Å². The number of rotatable bonds is 24. The number of esters is 3. The zero-order valence-electron chi connectivity index (χ0n) is 27.5. The maximum atomic E-state index is 12.2. The molecule has 0 heterocycles. The van der Waals surface area contributed by atoms with Gasteiger partial charge >= 0.3 is 23.9 Å². The highest BCUT2D eigenvalue weighted by Crippen LogP contribution is 2.23. The van der Waals surface area contributed by atoms with Crippen LogP contribution in [0.4, 0.5) is 0 Å². The van der Waals surface area contributed by atoms with E-state index in [2.05, 4.69) is 20.8 Å². The fourth-order valence-electron chi connectivity index (χ4n) is 4.85. The molecule has 0 aromatic heterocycles. The maximum absolute atomic E-state index is 12.2. The first-order valence-electron chi connectivity index (χ1n) is 17.1. The molecule has 0 bridgehead atoms. The summed E-state index contributed by atoms with van der Waals surface area (Å²) in [6.45, 7) is 6.32. The number of carbonyl (C=O) groups excluding carboxylic acids is 3. The summed E-state index contributed by atoms with van der Waals surface area (Å²) in [4.78, 5) is 46.6. The fraction of sp³-hybridized carbons (Fsp3) is 0.882. The van der Waals surface area contributed by atoms with Crippen molar-refractivity contribution in [2.24, 2.45) is 5.92 Å². The molecule has 43 heavy (non-hydrogen) atoms. The van der Waals surface area contributed by atoms with E-state index in [-0.39, 0.29) is 49.4 Å². The second-order valence-electron chi connectivity index (χ2n) is 11.6. The fourth-order valence-corrected chi connectivity index (χ4v) is 4.85. The minimum Gasteiger partial charge on any atom is -0.481 e. The summed E-state index contributed by atoms with van der Waals surface area (Å²) in [6, 6.07) is 0. The van der Waals surface area contributed by atoms with E-state index in [0.717, 1.165) is 103 Å². The van der Waals surface area contributed by atoms with Crippen molar-refractivity contribution in [1.29, 1.82) is 0 Å². The molecular weight excluding hydrogens is 572 g/mol. The number of aliphatic carboxylic acids is 1. The predicted octanol–water partition coefficient (Wildman–Crippen LogP) is 9.14. The van der Waals surface area contributed by atoms with E-state index < -0.39 is 12.1 Å². The topological polar surface area (TPSA) is 116 Å². The van der Waals surface area contributed by atoms with Crippen molar-refractivity contribution in [2.45, 2.75) is 175 Å². The lowest BCUT2D eigenvalue weighted by Gasteiger charge is -2.18. The number of hydrogen-bond donors (Lipinski definition) is 1. The van der Waals surface area contributed by atoms with Gasteiger partial charge in [-0.25, -0.2) is 0 Å². The van der Waals surface area contributed by atoms with Crippen molar-refractivity contribution in [1.82, 2.24) is 0 Å². The Labute approximate surface area is 268 Å². The van der Waals surface area contributed by atoms with Crippen molar-refractivity contribution >= 4 is 36.3 Å². The van der Waals surface area contributed by atoms with Gasteiger partial charge in [0, 0.05) is 19.3 Å². The molecule has 0 spiro atoms. The molecule has 1 N–H and O–H groups in total. The number of halogens is 1. The van der Waals surface area contributed by atoms with Crippen molar-refractivity contribution in [3.05, 3.63) is 0 Å². The Morgan fingerprint density at radius 1 is 0.581 bits per heavy atom. The summed E-state index contributed by atoms with van der Waals surface area (Å²) in [5, 5.41) is 8.54. The minimum absolute atomic E-state index is 0. The third kappa shape index (κ3) is 28.7. The van der Waals surface area contributed by atoms with E-state index in [1.165, 1.54) is 25.7 Å². The quantitative estimate of drug-likeness (QED) is 0.0634. The van der Waals surface area contributed by atoms with E-state index in [0.29, 0.717) is 19.3 Å². The van der Waals surface area contributed by atoms with Crippen LogP contribution in [0.5, 0.6) is 0 Å². The third-order valence-corrected chi connectivity index (χ3v) is 7.57. The number of ether oxygens (including phenoxy) is 3. The van der Waals surface area contributed by atoms with Gasteiger partial charge in [-0.3, -0.25) is 19.2 Å². The second kappa shape index (κ2) is 31.6.